The van der Waals surface area contributed by atoms with Crippen LogP contribution in [-0.2, 0) is 48.7 Å². The molecule has 18 aromatic rings. The first-order chi connectivity index (χ1) is 61.6. The van der Waals surface area contributed by atoms with Crippen LogP contribution in [0.3, 0.4) is 0 Å². The van der Waals surface area contributed by atoms with Gasteiger partial charge in [0.2, 0.25) is 0 Å². The van der Waals surface area contributed by atoms with Gasteiger partial charge in [-0.2, -0.15) is 0 Å². The molecule has 0 saturated carbocycles. The van der Waals surface area contributed by atoms with E-state index in [1.165, 1.54) is 82.7 Å². The highest BCUT2D eigenvalue weighted by molar-refractivity contribution is 5.86. The third kappa shape index (κ3) is 27.9. The molecule has 0 aliphatic rings. The SMILES string of the molecule is CC(C)(C)c1ccc2ncccc2c1.CC(C)(C)c1ccc2nccnc2c1.CC(C)(C)c1cccc2cccnc12.CC(C)(C)c1cccc2nccnc12.CC(C)(C)c1cnc2cccnc2c1.Cc1cc(C(C)(C)C)c2ncccc2c1.Cc1cc(C)c2ccc(C(C)(C)C)cc2n1.Cc1cnc2cc(C(C)(C)C)ccc2n1.Cc1nc2ccc(C(C)(C)C)cc2nc1C. The Morgan fingerprint density at radius 2 is 0.538 bits per heavy atom. The number of hydrogen-bond donors (Lipinski definition) is 0. The Labute approximate surface area is 786 Å². The lowest BCUT2D eigenvalue weighted by Crippen LogP contribution is -2.12. The predicted octanol–water partition coefficient (Wildman–Crippen LogP) is 30.6. The fourth-order valence-electron chi connectivity index (χ4n) is 14.9. The van der Waals surface area contributed by atoms with E-state index < -0.39 is 0 Å². The first-order valence-electron chi connectivity index (χ1n) is 46.2. The van der Waals surface area contributed by atoms with Gasteiger partial charge in [-0.25, -0.2) is 15.0 Å². The minimum absolute atomic E-state index is 0.121. The molecule has 0 bridgehead atoms. The molecule has 0 aliphatic carbocycles. The largest absolute Gasteiger partial charge is 0.256 e. The van der Waals surface area contributed by atoms with E-state index in [2.05, 4.69) is 429 Å². The third-order valence-electron chi connectivity index (χ3n) is 23.0. The van der Waals surface area contributed by atoms with Crippen LogP contribution in [0.5, 0.6) is 0 Å². The molecule has 132 heavy (non-hydrogen) atoms. The van der Waals surface area contributed by atoms with E-state index in [4.69, 9.17) is 0 Å². The van der Waals surface area contributed by atoms with E-state index in [1.54, 1.807) is 31.0 Å². The molecule has 0 N–H and O–H groups in total. The molecule has 0 saturated heterocycles. The molecule has 684 valence electrons. The summed E-state index contributed by atoms with van der Waals surface area (Å²) < 4.78 is 0. The van der Waals surface area contributed by atoms with Gasteiger partial charge in [0.05, 0.1) is 94.3 Å². The normalized spacial score (nSPS) is 12.0. The molecule has 0 unspecified atom stereocenters. The number of pyridine rings is 6. The Morgan fingerprint density at radius 1 is 0.189 bits per heavy atom. The van der Waals surface area contributed by atoms with Crippen LogP contribution in [0.2, 0.25) is 0 Å². The van der Waals surface area contributed by atoms with Crippen LogP contribution in [0, 0.1) is 41.5 Å². The van der Waals surface area contributed by atoms with Gasteiger partial charge in [0, 0.05) is 89.2 Å². The Balaban J connectivity index is 0.000000154. The van der Waals surface area contributed by atoms with Crippen LogP contribution in [-0.4, -0.2) is 69.8 Å². The van der Waals surface area contributed by atoms with Gasteiger partial charge >= 0.3 is 0 Å². The highest BCUT2D eigenvalue weighted by Gasteiger charge is 2.24. The maximum absolute atomic E-state index is 4.61. The van der Waals surface area contributed by atoms with Crippen LogP contribution in [0.4, 0.5) is 0 Å². The molecular weight excluding hydrogens is 1610 g/mol. The van der Waals surface area contributed by atoms with E-state index in [-0.39, 0.29) is 48.7 Å². The molecule has 0 atom stereocenters. The van der Waals surface area contributed by atoms with E-state index >= 15 is 0 Å². The number of aryl methyl sites for hydroxylation is 6. The number of aromatic nitrogens is 14. The summed E-state index contributed by atoms with van der Waals surface area (Å²) in [6, 6.07) is 69.5. The van der Waals surface area contributed by atoms with Crippen molar-refractivity contribution in [2.75, 3.05) is 0 Å². The van der Waals surface area contributed by atoms with Crippen LogP contribution >= 0.6 is 0 Å². The first-order valence-corrected chi connectivity index (χ1v) is 46.2. The number of fused-ring (bicyclic) bond motifs is 9. The van der Waals surface area contributed by atoms with Gasteiger partial charge in [0.25, 0.3) is 0 Å². The van der Waals surface area contributed by atoms with E-state index in [0.29, 0.717) is 0 Å². The molecule has 14 heteroatoms. The third-order valence-corrected chi connectivity index (χ3v) is 23.0. The van der Waals surface area contributed by atoms with Gasteiger partial charge in [0.1, 0.15) is 0 Å². The average Bonchev–Trinajstić information content (AvgIpc) is 0.931. The summed E-state index contributed by atoms with van der Waals surface area (Å²) in [6.45, 7) is 72.0. The summed E-state index contributed by atoms with van der Waals surface area (Å²) in [4.78, 5) is 61.7. The number of nitrogens with zero attached hydrogens (tertiary/aromatic N) is 14. The summed E-state index contributed by atoms with van der Waals surface area (Å²) in [5.41, 5.74) is 34.1. The monoisotopic (exact) mass is 1760 g/mol. The zero-order valence-electron chi connectivity index (χ0n) is 85.1. The summed E-state index contributed by atoms with van der Waals surface area (Å²) >= 11 is 0. The fraction of sp³-hybridized carbons (Fsp3) is 0.356. The summed E-state index contributed by atoms with van der Waals surface area (Å²) in [5.74, 6) is 0. The number of para-hydroxylation sites is 2. The maximum atomic E-state index is 4.61. The maximum Gasteiger partial charge on any atom is 0.0924 e. The minimum Gasteiger partial charge on any atom is -0.256 e. The summed E-state index contributed by atoms with van der Waals surface area (Å²) in [7, 11) is 0. The second-order valence-electron chi connectivity index (χ2n) is 43.8. The lowest BCUT2D eigenvalue weighted by atomic mass is 9.84. The van der Waals surface area contributed by atoms with Gasteiger partial charge in [-0.05, 0) is 255 Å². The molecule has 18 rings (SSSR count). The molecule has 10 heterocycles. The average molecular weight is 1760 g/mol. The van der Waals surface area contributed by atoms with E-state index in [0.717, 1.165) is 100 Å². The van der Waals surface area contributed by atoms with E-state index in [9.17, 15) is 0 Å². The molecule has 0 amide bonds. The van der Waals surface area contributed by atoms with Gasteiger partial charge in [-0.3, -0.25) is 54.8 Å². The molecular formula is C118H142N14. The molecule has 0 aliphatic heterocycles. The van der Waals surface area contributed by atoms with Crippen molar-refractivity contribution >= 4 is 98.8 Å². The van der Waals surface area contributed by atoms with Crippen LogP contribution < -0.4 is 0 Å². The number of rotatable bonds is 0. The number of benzene rings is 8. The predicted molar refractivity (Wildman–Crippen MR) is 561 cm³/mol. The minimum atomic E-state index is 0.121. The Morgan fingerprint density at radius 3 is 1.08 bits per heavy atom. The lowest BCUT2D eigenvalue weighted by molar-refractivity contribution is 0.588. The van der Waals surface area contributed by atoms with Gasteiger partial charge in [0.15, 0.2) is 0 Å². The highest BCUT2D eigenvalue weighted by Crippen LogP contribution is 2.35. The number of hydrogen-bond acceptors (Lipinski definition) is 14. The van der Waals surface area contributed by atoms with Crippen molar-refractivity contribution in [2.24, 2.45) is 0 Å². The Hall–Kier alpha value is -12.7. The molecule has 10 aromatic heterocycles. The molecule has 0 fully saturated rings. The lowest BCUT2D eigenvalue weighted by Gasteiger charge is -2.21. The van der Waals surface area contributed by atoms with E-state index in [1.807, 2.05) is 100 Å². The highest BCUT2D eigenvalue weighted by atomic mass is 14.8. The van der Waals surface area contributed by atoms with Crippen molar-refractivity contribution in [1.82, 2.24) is 69.8 Å². The second-order valence-corrected chi connectivity index (χ2v) is 43.8. The summed E-state index contributed by atoms with van der Waals surface area (Å²) in [6.07, 6.45) is 18.0. The van der Waals surface area contributed by atoms with Crippen LogP contribution in [0.25, 0.3) is 98.8 Å². The zero-order chi connectivity index (χ0) is 96.9. The Bertz CT molecular complexity index is 6660. The van der Waals surface area contributed by atoms with Crippen LogP contribution in [0.15, 0.2) is 262 Å². The standard InChI is InChI=1S/C15H19N.C14H18N2.C14H17N.C13H16N2.2C13H15N.3C12H14N2/c1-10-8-11(2)16-14-9-12(15(3,4)5)6-7-13(10)14;1-9-10(2)16-13-8-11(14(3,4)5)6-7-12(13)15-9;1-10-8-11-6-5-7-15-13(11)12(9-10)14(2,3)4;1-9-8-14-12-7-10(13(2,3)4)5-6-11(12)15-9;1-13(2,3)11-8-4-6-10-7-5-9-14-12(10)11;1-13(2,3)11-6-7-12-10(9-11)5-4-8-14-12;1-12(2,3)9-4-5-10-11(8-9)14-7-6-13-10;1-12(2,3)9-7-11-10(14-8-9)5-4-6-13-11;1-12(2,3)9-5-4-6-10-11(9)14-8-7-13-10/h6-9H,1-5H3;6-8H,1-5H3;5-9H,1-4H3;5-8H,1-4H3;2*4-9H,1-3H3;3*4-8H,1-3H3. The van der Waals surface area contributed by atoms with Crippen molar-refractivity contribution in [1.29, 1.82) is 0 Å². The quantitative estimate of drug-likeness (QED) is 0.140. The van der Waals surface area contributed by atoms with Crippen molar-refractivity contribution in [3.8, 4) is 0 Å². The molecule has 14 nitrogen and oxygen atoms in total. The zero-order valence-corrected chi connectivity index (χ0v) is 85.1. The summed E-state index contributed by atoms with van der Waals surface area (Å²) in [5, 5.41) is 4.95. The smallest absolute Gasteiger partial charge is 0.0924 e. The fourth-order valence-corrected chi connectivity index (χ4v) is 14.9. The molecule has 8 aromatic carbocycles. The van der Waals surface area contributed by atoms with Crippen molar-refractivity contribution in [2.45, 2.75) is 277 Å². The van der Waals surface area contributed by atoms with Gasteiger partial charge < -0.3 is 0 Å². The first kappa shape index (κ1) is 101. The van der Waals surface area contributed by atoms with Crippen molar-refractivity contribution in [3.05, 3.63) is 346 Å². The van der Waals surface area contributed by atoms with Gasteiger partial charge in [-0.1, -0.05) is 283 Å². The van der Waals surface area contributed by atoms with Gasteiger partial charge in [-0.15, -0.1) is 0 Å². The molecule has 0 radical (unpaired) electrons. The van der Waals surface area contributed by atoms with Crippen molar-refractivity contribution < 1.29 is 0 Å². The topological polar surface area (TPSA) is 180 Å². The van der Waals surface area contributed by atoms with Crippen LogP contribution in [0.1, 0.15) is 271 Å². The second kappa shape index (κ2) is 41.8. The Kier molecular flexibility index (Phi) is 32.1. The molecule has 0 spiro atoms. The van der Waals surface area contributed by atoms with Crippen molar-refractivity contribution in [3.63, 3.8) is 0 Å².